The lowest BCUT2D eigenvalue weighted by Gasteiger charge is -2.28. The number of hydrogen-bond acceptors (Lipinski definition) is 1. The minimum Gasteiger partial charge on any atom is -0.300 e. The molecule has 11 heavy (non-hydrogen) atoms. The third kappa shape index (κ3) is 3.04. The highest BCUT2D eigenvalue weighted by atomic mass is 16.1. The smallest absolute Gasteiger partial charge is 0.130 e. The first kappa shape index (κ1) is 10.7. The van der Waals surface area contributed by atoms with E-state index in [-0.39, 0.29) is 0 Å². The van der Waals surface area contributed by atoms with E-state index in [9.17, 15) is 4.79 Å². The van der Waals surface area contributed by atoms with Gasteiger partial charge in [0.25, 0.3) is 0 Å². The zero-order chi connectivity index (χ0) is 8.91. The Morgan fingerprint density at radius 1 is 1.09 bits per heavy atom. The van der Waals surface area contributed by atoms with E-state index < -0.39 is 0 Å². The van der Waals surface area contributed by atoms with Crippen LogP contribution in [0.5, 0.6) is 0 Å². The van der Waals surface area contributed by atoms with Gasteiger partial charge in [0.05, 0.1) is 0 Å². The maximum atomic E-state index is 10.9. The third-order valence-corrected chi connectivity index (χ3v) is 2.87. The molecule has 0 atom stereocenters. The van der Waals surface area contributed by atoms with Gasteiger partial charge in [0.1, 0.15) is 5.78 Å². The molecule has 0 rings (SSSR count). The molecule has 0 saturated carbocycles. The number of carbonyl (C=O) groups excluding carboxylic acids is 1. The van der Waals surface area contributed by atoms with E-state index in [4.69, 9.17) is 0 Å². The molecule has 0 bridgehead atoms. The van der Waals surface area contributed by atoms with Crippen molar-refractivity contribution in [2.45, 2.75) is 53.4 Å². The lowest BCUT2D eigenvalue weighted by molar-refractivity contribution is -0.119. The van der Waals surface area contributed by atoms with Gasteiger partial charge in [0.2, 0.25) is 0 Å². The molecule has 1 heteroatoms. The SMILES string of the molecule is CCC(CC)(CC)CC(C)=O. The van der Waals surface area contributed by atoms with Gasteiger partial charge in [0, 0.05) is 6.42 Å². The molecule has 0 aromatic heterocycles. The van der Waals surface area contributed by atoms with E-state index in [2.05, 4.69) is 20.8 Å². The normalized spacial score (nSPS) is 11.6. The van der Waals surface area contributed by atoms with Crippen molar-refractivity contribution < 1.29 is 4.79 Å². The minimum atomic E-state index is 0.297. The van der Waals surface area contributed by atoms with Crippen molar-refractivity contribution in [1.29, 1.82) is 0 Å². The maximum Gasteiger partial charge on any atom is 0.130 e. The topological polar surface area (TPSA) is 17.1 Å². The van der Waals surface area contributed by atoms with Crippen molar-refractivity contribution >= 4 is 5.78 Å². The lowest BCUT2D eigenvalue weighted by atomic mass is 9.76. The van der Waals surface area contributed by atoms with Gasteiger partial charge < -0.3 is 4.79 Å². The average molecular weight is 156 g/mol. The van der Waals surface area contributed by atoms with Crippen LogP contribution in [0.3, 0.4) is 0 Å². The number of hydrogen-bond donors (Lipinski definition) is 0. The second kappa shape index (κ2) is 4.53. The first-order valence-electron chi connectivity index (χ1n) is 4.59. The predicted octanol–water partition coefficient (Wildman–Crippen LogP) is 3.18. The number of rotatable bonds is 5. The summed E-state index contributed by atoms with van der Waals surface area (Å²) < 4.78 is 0. The van der Waals surface area contributed by atoms with Gasteiger partial charge in [-0.25, -0.2) is 0 Å². The molecule has 0 heterocycles. The zero-order valence-electron chi connectivity index (χ0n) is 8.24. The number of carbonyl (C=O) groups is 1. The molecule has 0 N–H and O–H groups in total. The van der Waals surface area contributed by atoms with E-state index in [1.54, 1.807) is 6.92 Å². The van der Waals surface area contributed by atoms with Crippen LogP contribution in [0.15, 0.2) is 0 Å². The highest BCUT2D eigenvalue weighted by Gasteiger charge is 2.24. The summed E-state index contributed by atoms with van der Waals surface area (Å²) in [6.07, 6.45) is 4.13. The molecule has 1 nitrogen and oxygen atoms in total. The fourth-order valence-electron chi connectivity index (χ4n) is 1.65. The first-order chi connectivity index (χ1) is 5.10. The molecule has 66 valence electrons. The Hall–Kier alpha value is -0.330. The summed E-state index contributed by atoms with van der Waals surface area (Å²) in [5, 5.41) is 0. The van der Waals surface area contributed by atoms with Gasteiger partial charge >= 0.3 is 0 Å². The molecule has 0 aliphatic heterocycles. The van der Waals surface area contributed by atoms with Crippen LogP contribution in [0.2, 0.25) is 0 Å². The largest absolute Gasteiger partial charge is 0.300 e. The standard InChI is InChI=1S/C10H20O/c1-5-10(6-2,7-3)8-9(4)11/h5-8H2,1-4H3. The van der Waals surface area contributed by atoms with Gasteiger partial charge in [-0.3, -0.25) is 0 Å². The quantitative estimate of drug-likeness (QED) is 0.597. The molecule has 0 saturated heterocycles. The number of Topliss-reactive ketones (excluding diaryl/α,β-unsaturated/α-hetero) is 1. The Labute approximate surface area is 70.2 Å². The Balaban J connectivity index is 4.16. The summed E-state index contributed by atoms with van der Waals surface area (Å²) >= 11 is 0. The highest BCUT2D eigenvalue weighted by molar-refractivity contribution is 5.76. The van der Waals surface area contributed by atoms with Gasteiger partial charge in [-0.2, -0.15) is 0 Å². The summed E-state index contributed by atoms with van der Waals surface area (Å²) in [6.45, 7) is 8.22. The van der Waals surface area contributed by atoms with Crippen LogP contribution >= 0.6 is 0 Å². The van der Waals surface area contributed by atoms with Gasteiger partial charge in [-0.05, 0) is 12.3 Å². The molecule has 0 amide bonds. The van der Waals surface area contributed by atoms with Crippen LogP contribution in [0, 0.1) is 5.41 Å². The molecule has 0 unspecified atom stereocenters. The zero-order valence-corrected chi connectivity index (χ0v) is 8.24. The maximum absolute atomic E-state index is 10.9. The molecule has 0 aliphatic rings. The second-order valence-corrected chi connectivity index (χ2v) is 3.44. The van der Waals surface area contributed by atoms with Crippen LogP contribution in [-0.2, 0) is 4.79 Å². The lowest BCUT2D eigenvalue weighted by Crippen LogP contribution is -2.20. The predicted molar refractivity (Wildman–Crippen MR) is 48.6 cm³/mol. The van der Waals surface area contributed by atoms with E-state index >= 15 is 0 Å². The summed E-state index contributed by atoms with van der Waals surface area (Å²) in [5.41, 5.74) is 0.297. The summed E-state index contributed by atoms with van der Waals surface area (Å²) in [6, 6.07) is 0. The molecule has 0 aromatic rings. The summed E-state index contributed by atoms with van der Waals surface area (Å²) in [7, 11) is 0. The van der Waals surface area contributed by atoms with E-state index in [1.165, 1.54) is 0 Å². The summed E-state index contributed by atoms with van der Waals surface area (Å²) in [5.74, 6) is 0.329. The molecule has 0 spiro atoms. The van der Waals surface area contributed by atoms with Crippen molar-refractivity contribution in [3.63, 3.8) is 0 Å². The first-order valence-corrected chi connectivity index (χ1v) is 4.59. The van der Waals surface area contributed by atoms with Crippen LogP contribution in [0.1, 0.15) is 53.4 Å². The monoisotopic (exact) mass is 156 g/mol. The minimum absolute atomic E-state index is 0.297. The van der Waals surface area contributed by atoms with Crippen LogP contribution < -0.4 is 0 Å². The Bertz CT molecular complexity index is 115. The van der Waals surface area contributed by atoms with E-state index in [0.717, 1.165) is 25.7 Å². The average Bonchev–Trinajstić information content (AvgIpc) is 2.00. The Morgan fingerprint density at radius 3 is 1.55 bits per heavy atom. The van der Waals surface area contributed by atoms with Crippen molar-refractivity contribution in [1.82, 2.24) is 0 Å². The van der Waals surface area contributed by atoms with Crippen molar-refractivity contribution in [3.8, 4) is 0 Å². The van der Waals surface area contributed by atoms with Crippen molar-refractivity contribution in [2.24, 2.45) is 5.41 Å². The van der Waals surface area contributed by atoms with Gasteiger partial charge in [-0.15, -0.1) is 0 Å². The van der Waals surface area contributed by atoms with E-state index in [1.807, 2.05) is 0 Å². The van der Waals surface area contributed by atoms with E-state index in [0.29, 0.717) is 11.2 Å². The van der Waals surface area contributed by atoms with Gasteiger partial charge in [-0.1, -0.05) is 40.0 Å². The fourth-order valence-corrected chi connectivity index (χ4v) is 1.65. The van der Waals surface area contributed by atoms with Crippen LogP contribution in [0.4, 0.5) is 0 Å². The molecular formula is C10H20O. The molecule has 0 fully saturated rings. The molecular weight excluding hydrogens is 136 g/mol. The van der Waals surface area contributed by atoms with Crippen LogP contribution in [-0.4, -0.2) is 5.78 Å². The molecule has 0 radical (unpaired) electrons. The molecule has 0 aromatic carbocycles. The third-order valence-electron chi connectivity index (χ3n) is 2.87. The van der Waals surface area contributed by atoms with Crippen molar-refractivity contribution in [3.05, 3.63) is 0 Å². The van der Waals surface area contributed by atoms with Crippen molar-refractivity contribution in [2.75, 3.05) is 0 Å². The highest BCUT2D eigenvalue weighted by Crippen LogP contribution is 2.34. The number of ketones is 1. The second-order valence-electron chi connectivity index (χ2n) is 3.44. The van der Waals surface area contributed by atoms with Crippen LogP contribution in [0.25, 0.3) is 0 Å². The van der Waals surface area contributed by atoms with Gasteiger partial charge in [0.15, 0.2) is 0 Å². The Morgan fingerprint density at radius 2 is 1.45 bits per heavy atom. The summed E-state index contributed by atoms with van der Waals surface area (Å²) in [4.78, 5) is 10.9. The fraction of sp³-hybridized carbons (Fsp3) is 0.900. The Kier molecular flexibility index (Phi) is 4.39. The molecule has 0 aliphatic carbocycles.